The summed E-state index contributed by atoms with van der Waals surface area (Å²) < 4.78 is 39.7. The topological polar surface area (TPSA) is 89.5 Å². The number of nitrogens with one attached hydrogen (secondary N) is 1. The van der Waals surface area contributed by atoms with Crippen molar-refractivity contribution >= 4 is 15.8 Å². The Morgan fingerprint density at radius 2 is 1.74 bits per heavy atom. The average Bonchev–Trinajstić information content (AvgIpc) is 2.64. The Labute approximate surface area is 161 Å². The highest BCUT2D eigenvalue weighted by atomic mass is 32.2. The molecule has 1 heterocycles. The Morgan fingerprint density at radius 1 is 1.15 bits per heavy atom. The molecule has 1 aromatic rings. The SMILES string of the molecule is CN=C(NCc1cc(OC)c(OC)cc1OC)N1CCS(=O)(=O)C(C)(C)C1. The van der Waals surface area contributed by atoms with Gasteiger partial charge in [0.15, 0.2) is 27.3 Å². The highest BCUT2D eigenvalue weighted by Gasteiger charge is 2.40. The van der Waals surface area contributed by atoms with Gasteiger partial charge in [0.05, 0.1) is 31.8 Å². The maximum Gasteiger partial charge on any atom is 0.193 e. The minimum absolute atomic E-state index is 0.111. The Hall–Kier alpha value is -2.16. The first-order valence-corrected chi connectivity index (χ1v) is 10.3. The molecule has 0 aromatic heterocycles. The summed E-state index contributed by atoms with van der Waals surface area (Å²) >= 11 is 0. The zero-order chi connectivity index (χ0) is 20.2. The van der Waals surface area contributed by atoms with Crippen molar-refractivity contribution in [1.82, 2.24) is 10.2 Å². The van der Waals surface area contributed by atoms with Crippen LogP contribution in [0.15, 0.2) is 17.1 Å². The summed E-state index contributed by atoms with van der Waals surface area (Å²) in [6.07, 6.45) is 0. The molecule has 1 aromatic carbocycles. The van der Waals surface area contributed by atoms with Gasteiger partial charge in [0, 0.05) is 38.3 Å². The van der Waals surface area contributed by atoms with E-state index >= 15 is 0 Å². The second kappa shape index (κ2) is 8.24. The van der Waals surface area contributed by atoms with Crippen LogP contribution in [0, 0.1) is 0 Å². The molecule has 1 aliphatic heterocycles. The van der Waals surface area contributed by atoms with E-state index in [2.05, 4.69) is 10.3 Å². The molecule has 8 nitrogen and oxygen atoms in total. The van der Waals surface area contributed by atoms with Gasteiger partial charge >= 0.3 is 0 Å². The molecule has 1 N–H and O–H groups in total. The van der Waals surface area contributed by atoms with Crippen LogP contribution in [-0.4, -0.2) is 71.2 Å². The number of ether oxygens (including phenoxy) is 3. The number of methoxy groups -OCH3 is 3. The molecule has 27 heavy (non-hydrogen) atoms. The molecule has 9 heteroatoms. The van der Waals surface area contributed by atoms with Crippen LogP contribution in [0.4, 0.5) is 0 Å². The minimum atomic E-state index is -3.11. The third-order valence-electron chi connectivity index (χ3n) is 4.78. The number of hydrogen-bond donors (Lipinski definition) is 1. The minimum Gasteiger partial charge on any atom is -0.496 e. The normalized spacial score (nSPS) is 18.7. The number of sulfone groups is 1. The summed E-state index contributed by atoms with van der Waals surface area (Å²) in [4.78, 5) is 6.28. The van der Waals surface area contributed by atoms with Gasteiger partial charge in [-0.25, -0.2) is 8.42 Å². The lowest BCUT2D eigenvalue weighted by Crippen LogP contribution is -2.57. The molecule has 1 saturated heterocycles. The zero-order valence-electron chi connectivity index (χ0n) is 16.8. The molecule has 0 amide bonds. The molecular weight excluding hydrogens is 370 g/mol. The summed E-state index contributed by atoms with van der Waals surface area (Å²) in [6, 6.07) is 3.62. The van der Waals surface area contributed by atoms with E-state index < -0.39 is 14.6 Å². The van der Waals surface area contributed by atoms with E-state index in [1.54, 1.807) is 48.3 Å². The second-order valence-corrected chi connectivity index (χ2v) is 9.66. The standard InChI is InChI=1S/C18H29N3O5S/c1-18(2)12-21(7-8-27(18,22)23)17(19-3)20-11-13-9-15(25-5)16(26-6)10-14(13)24-4/h9-10H,7-8,11-12H2,1-6H3,(H,19,20). The van der Waals surface area contributed by atoms with Crippen molar-refractivity contribution in [3.05, 3.63) is 17.7 Å². The fourth-order valence-corrected chi connectivity index (χ4v) is 4.43. The van der Waals surface area contributed by atoms with Gasteiger partial charge in [-0.2, -0.15) is 0 Å². The number of benzene rings is 1. The van der Waals surface area contributed by atoms with Crippen molar-refractivity contribution in [1.29, 1.82) is 0 Å². The van der Waals surface area contributed by atoms with Crippen molar-refractivity contribution in [3.63, 3.8) is 0 Å². The van der Waals surface area contributed by atoms with Crippen LogP contribution in [0.25, 0.3) is 0 Å². The molecule has 0 atom stereocenters. The van der Waals surface area contributed by atoms with Crippen molar-refractivity contribution < 1.29 is 22.6 Å². The molecule has 1 fully saturated rings. The van der Waals surface area contributed by atoms with Gasteiger partial charge in [-0.05, 0) is 19.9 Å². The zero-order valence-corrected chi connectivity index (χ0v) is 17.6. The Balaban J connectivity index is 2.17. The van der Waals surface area contributed by atoms with Gasteiger partial charge in [-0.1, -0.05) is 0 Å². The Morgan fingerprint density at radius 3 is 2.26 bits per heavy atom. The first-order valence-electron chi connectivity index (χ1n) is 8.66. The molecule has 1 aliphatic rings. The molecule has 0 spiro atoms. The Kier molecular flexibility index (Phi) is 6.46. The van der Waals surface area contributed by atoms with E-state index in [0.29, 0.717) is 42.8 Å². The third kappa shape index (κ3) is 4.40. The molecule has 0 unspecified atom stereocenters. The van der Waals surface area contributed by atoms with Crippen LogP contribution < -0.4 is 19.5 Å². The molecular formula is C18H29N3O5S. The maximum atomic E-state index is 12.2. The number of aliphatic imine (C=N–C) groups is 1. The van der Waals surface area contributed by atoms with Crippen LogP contribution in [0.2, 0.25) is 0 Å². The fourth-order valence-electron chi connectivity index (χ4n) is 3.06. The van der Waals surface area contributed by atoms with Crippen molar-refractivity contribution in [2.75, 3.05) is 47.2 Å². The lowest BCUT2D eigenvalue weighted by Gasteiger charge is -2.39. The molecule has 0 bridgehead atoms. The number of hydrogen-bond acceptors (Lipinski definition) is 6. The second-order valence-electron chi connectivity index (χ2n) is 6.92. The van der Waals surface area contributed by atoms with E-state index in [1.807, 2.05) is 11.0 Å². The first kappa shape index (κ1) is 21.1. The van der Waals surface area contributed by atoms with E-state index in [-0.39, 0.29) is 5.75 Å². The lowest BCUT2D eigenvalue weighted by molar-refractivity contribution is 0.345. The highest BCUT2D eigenvalue weighted by molar-refractivity contribution is 7.92. The molecule has 2 rings (SSSR count). The van der Waals surface area contributed by atoms with E-state index in [1.165, 1.54) is 0 Å². The fraction of sp³-hybridized carbons (Fsp3) is 0.611. The van der Waals surface area contributed by atoms with Crippen LogP contribution in [0.1, 0.15) is 19.4 Å². The summed E-state index contributed by atoms with van der Waals surface area (Å²) in [7, 11) is 3.33. The highest BCUT2D eigenvalue weighted by Crippen LogP contribution is 2.34. The van der Waals surface area contributed by atoms with E-state index in [4.69, 9.17) is 14.2 Å². The van der Waals surface area contributed by atoms with Crippen LogP contribution >= 0.6 is 0 Å². The first-order chi connectivity index (χ1) is 12.7. The van der Waals surface area contributed by atoms with Crippen LogP contribution in [0.5, 0.6) is 17.2 Å². The number of nitrogens with zero attached hydrogens (tertiary/aromatic N) is 2. The summed E-state index contributed by atoms with van der Waals surface area (Å²) in [5.41, 5.74) is 0.875. The predicted octanol–water partition coefficient (Wildman–Crippen LogP) is 1.30. The molecule has 0 saturated carbocycles. The van der Waals surface area contributed by atoms with Gasteiger partial charge in [0.25, 0.3) is 0 Å². The smallest absolute Gasteiger partial charge is 0.193 e. The van der Waals surface area contributed by atoms with E-state index in [0.717, 1.165) is 5.56 Å². The van der Waals surface area contributed by atoms with Gasteiger partial charge in [-0.15, -0.1) is 0 Å². The molecule has 0 aliphatic carbocycles. The largest absolute Gasteiger partial charge is 0.496 e. The summed E-state index contributed by atoms with van der Waals surface area (Å²) in [5, 5.41) is 3.29. The number of rotatable bonds is 5. The van der Waals surface area contributed by atoms with Crippen molar-refractivity contribution in [2.24, 2.45) is 4.99 Å². The lowest BCUT2D eigenvalue weighted by atomic mass is 10.1. The average molecular weight is 400 g/mol. The number of guanidine groups is 1. The van der Waals surface area contributed by atoms with Crippen LogP contribution in [0.3, 0.4) is 0 Å². The van der Waals surface area contributed by atoms with Gasteiger partial charge < -0.3 is 24.4 Å². The quantitative estimate of drug-likeness (QED) is 0.590. The van der Waals surface area contributed by atoms with Crippen molar-refractivity contribution in [3.8, 4) is 17.2 Å². The van der Waals surface area contributed by atoms with Crippen LogP contribution in [-0.2, 0) is 16.4 Å². The maximum absolute atomic E-state index is 12.2. The summed E-state index contributed by atoms with van der Waals surface area (Å²) in [6.45, 7) is 4.74. The monoisotopic (exact) mass is 399 g/mol. The summed E-state index contributed by atoms with van der Waals surface area (Å²) in [5.74, 6) is 2.62. The van der Waals surface area contributed by atoms with E-state index in [9.17, 15) is 8.42 Å². The third-order valence-corrected chi connectivity index (χ3v) is 7.31. The van der Waals surface area contributed by atoms with Crippen molar-refractivity contribution in [2.45, 2.75) is 25.1 Å². The predicted molar refractivity (Wildman–Crippen MR) is 106 cm³/mol. The molecule has 0 radical (unpaired) electrons. The molecule has 152 valence electrons. The van der Waals surface area contributed by atoms with Gasteiger partial charge in [0.1, 0.15) is 5.75 Å². The van der Waals surface area contributed by atoms with Gasteiger partial charge in [-0.3, -0.25) is 4.99 Å². The Bertz CT molecular complexity index is 805. The van der Waals surface area contributed by atoms with Gasteiger partial charge in [0.2, 0.25) is 0 Å².